The van der Waals surface area contributed by atoms with E-state index in [1.54, 1.807) is 0 Å². The van der Waals surface area contributed by atoms with Crippen LogP contribution in [-0.2, 0) is 47.7 Å². The molecule has 3 saturated heterocycles. The van der Waals surface area contributed by atoms with Crippen molar-refractivity contribution in [2.45, 2.75) is 25.7 Å². The maximum Gasteiger partial charge on any atom is 1.00 e. The van der Waals surface area contributed by atoms with Gasteiger partial charge < -0.3 is 60.8 Å². The molecular weight excluding hydrogens is 1560 g/mol. The molecule has 8 N–H and O–H groups in total. The van der Waals surface area contributed by atoms with E-state index in [2.05, 4.69) is 130 Å². The van der Waals surface area contributed by atoms with Gasteiger partial charge in [0, 0.05) is 78.3 Å². The average Bonchev–Trinajstić information content (AvgIpc) is 1.69. The number of amides is 3. The first-order valence-corrected chi connectivity index (χ1v) is 31.9. The molecule has 0 aliphatic carbocycles. The van der Waals surface area contributed by atoms with Crippen molar-refractivity contribution < 1.29 is 124 Å². The Morgan fingerprint density at radius 2 is 1.04 bits per heavy atom. The number of benzene rings is 3. The van der Waals surface area contributed by atoms with Crippen molar-refractivity contribution in [2.24, 2.45) is 4.99 Å². The van der Waals surface area contributed by atoms with Crippen LogP contribution in [0.1, 0.15) is 31.4 Å². The van der Waals surface area contributed by atoms with Gasteiger partial charge in [0.25, 0.3) is 5.91 Å². The van der Waals surface area contributed by atoms with Gasteiger partial charge in [-0.25, -0.2) is 55.6 Å². The van der Waals surface area contributed by atoms with Gasteiger partial charge in [0.2, 0.25) is 40.7 Å². The topological polar surface area (TPSA) is 493 Å². The number of aliphatic imine (C=N–C) groups is 1. The van der Waals surface area contributed by atoms with Crippen LogP contribution in [0.2, 0.25) is 0 Å². The van der Waals surface area contributed by atoms with E-state index in [1.165, 1.54) is 64.4 Å². The van der Waals surface area contributed by atoms with Crippen molar-refractivity contribution in [1.29, 1.82) is 0 Å². The second-order valence-electron chi connectivity index (χ2n) is 20.2. The molecule has 8 heterocycles. The van der Waals surface area contributed by atoms with Crippen molar-refractivity contribution in [3.63, 3.8) is 0 Å². The number of ether oxygens (including phenoxy) is 4. The van der Waals surface area contributed by atoms with Gasteiger partial charge in [0.1, 0.15) is 17.5 Å². The minimum atomic E-state index is -0.911. The first-order chi connectivity index (χ1) is 47.9. The molecule has 3 fully saturated rings. The summed E-state index contributed by atoms with van der Waals surface area (Å²) in [6.07, 6.45) is 0.662. The predicted octanol–water partition coefficient (Wildman–Crippen LogP) is -0.0430. The molecule has 0 bridgehead atoms. The van der Waals surface area contributed by atoms with Gasteiger partial charge in [-0.2, -0.15) is 0 Å². The molecule has 5 aromatic heterocycles. The molecule has 0 radical (unpaired) electrons. The molecule has 0 spiro atoms. The summed E-state index contributed by atoms with van der Waals surface area (Å²) in [6, 6.07) is 11.9. The quantitative estimate of drug-likeness (QED) is 0.00890. The Bertz CT molecular complexity index is 4220. The number of carbonyl (C=O) groups excluding carboxylic acids is 6. The average molecular weight is 1620 g/mol. The molecule has 8 aromatic rings. The van der Waals surface area contributed by atoms with Crippen LogP contribution in [0.3, 0.4) is 0 Å². The normalized spacial score (nSPS) is 13.4. The fourth-order valence-electron chi connectivity index (χ4n) is 8.72. The number of aromatic nitrogens is 10. The molecule has 536 valence electrons. The second kappa shape index (κ2) is 41.1. The third kappa shape index (κ3) is 23.0. The summed E-state index contributed by atoms with van der Waals surface area (Å²) in [5.41, 5.74) is 2.98. The fourth-order valence-corrected chi connectivity index (χ4v) is 9.82. The molecule has 38 nitrogen and oxygen atoms in total. The van der Waals surface area contributed by atoms with Gasteiger partial charge in [-0.15, -0.1) is 0 Å². The summed E-state index contributed by atoms with van der Waals surface area (Å²) in [6.45, 7) is 7.85. The van der Waals surface area contributed by atoms with Crippen LogP contribution in [-0.4, -0.2) is 224 Å². The number of esters is 1. The van der Waals surface area contributed by atoms with Crippen LogP contribution in [0.4, 0.5) is 36.3 Å². The Labute approximate surface area is 613 Å². The maximum absolute atomic E-state index is 13.6. The van der Waals surface area contributed by atoms with Crippen LogP contribution in [0.25, 0.3) is 34.4 Å². The number of halogens is 6. The number of hydroxylamine groups is 1. The monoisotopic (exact) mass is 1620 g/mol. The van der Waals surface area contributed by atoms with Crippen LogP contribution in [0.15, 0.2) is 106 Å². The second-order valence-corrected chi connectivity index (χ2v) is 22.8. The Morgan fingerprint density at radius 3 is 1.50 bits per heavy atom. The molecule has 11 rings (SSSR count). The molecule has 3 aliphatic heterocycles. The summed E-state index contributed by atoms with van der Waals surface area (Å²) in [4.78, 5) is 102. The summed E-state index contributed by atoms with van der Waals surface area (Å²) < 4.78 is 86.4. The van der Waals surface area contributed by atoms with Crippen LogP contribution >= 0.6 is 47.8 Å². The Morgan fingerprint density at radius 1 is 0.584 bits per heavy atom. The Hall–Kier alpha value is -8.96. The minimum absolute atomic E-state index is 0. The molecule has 3 amide bonds. The number of Topliss-reactive ketones (excluding diaryl/α,β-unsaturated/α-hetero) is 2. The van der Waals surface area contributed by atoms with E-state index in [1.807, 2.05) is 5.48 Å². The van der Waals surface area contributed by atoms with Crippen molar-refractivity contribution in [2.75, 3.05) is 128 Å². The van der Waals surface area contributed by atoms with Crippen molar-refractivity contribution in [3.8, 4) is 34.4 Å². The molecule has 3 aromatic carbocycles. The fraction of sp³-hybridized carbons (Fsp3) is 0.375. The molecule has 0 unspecified atom stereocenters. The van der Waals surface area contributed by atoms with Crippen LogP contribution in [0, 0.1) is 17.5 Å². The molecule has 0 saturated carbocycles. The van der Waals surface area contributed by atoms with Gasteiger partial charge in [-0.1, -0.05) is 10.3 Å². The first kappa shape index (κ1) is 81.0. The number of amidine groups is 1. The summed E-state index contributed by atoms with van der Waals surface area (Å²) in [5.74, 6) is -6.72. The largest absolute Gasteiger partial charge is 1.00 e. The number of morpholine rings is 3. The Kier molecular flexibility index (Phi) is 32.9. The number of anilines is 3. The number of methoxy groups -OCH3 is 1. The van der Waals surface area contributed by atoms with Gasteiger partial charge >= 0.3 is 58.9 Å². The number of carbonyl (C=O) groups is 6. The maximum atomic E-state index is 13.6. The van der Waals surface area contributed by atoms with E-state index in [9.17, 15) is 56.7 Å². The number of hydrogen-bond acceptors (Lipinski definition) is 32. The van der Waals surface area contributed by atoms with E-state index in [-0.39, 0.29) is 151 Å². The zero-order valence-electron chi connectivity index (χ0n) is 53.3. The SMILES string of the molecule is C1COCCN1.COC(=O)C(=O)CCCNc1nonc1-c1noc(=O)n1-c1ccc(F)c(Br)c1.O=C(CCCNc1nonc1-c1noc(=O)n1-c1ccc(F)c(Br)c1)C(=O)N1CCOCC1.O=C(NCCNc1nonc1C(=Nc1ccc(F)c(Br)c1)NO)C(=O)N1CCOCC1.[Na+].[OH-]. The number of hydrogen-bond donors (Lipinski definition) is 7. The summed E-state index contributed by atoms with van der Waals surface area (Å²) in [7, 11) is 1.13. The third-order valence-electron chi connectivity index (χ3n) is 13.6. The van der Waals surface area contributed by atoms with E-state index in [0.29, 0.717) is 71.1 Å². The zero-order chi connectivity index (χ0) is 70.8. The van der Waals surface area contributed by atoms with Crippen molar-refractivity contribution in [1.82, 2.24) is 76.3 Å². The van der Waals surface area contributed by atoms with E-state index in [0.717, 1.165) is 42.5 Å². The van der Waals surface area contributed by atoms with Crippen LogP contribution < -0.4 is 73.1 Å². The zero-order valence-corrected chi connectivity index (χ0v) is 60.0. The van der Waals surface area contributed by atoms with E-state index in [4.69, 9.17) is 32.5 Å². The van der Waals surface area contributed by atoms with Gasteiger partial charge in [0.05, 0.1) is 77.2 Å². The molecule has 101 heavy (non-hydrogen) atoms. The predicted molar refractivity (Wildman–Crippen MR) is 345 cm³/mol. The van der Waals surface area contributed by atoms with Crippen molar-refractivity contribution in [3.05, 3.63) is 112 Å². The third-order valence-corrected chi connectivity index (χ3v) is 15.5. The standard InChI is InChI=1S/C19H18BrFN6O6.C17H19BrFN7O5.C16H13BrFN5O6.C4H9NO.Na.H2O/c20-12-10-11(3-4-13(12)21)27-17(25-32-19(27)30)15-16(24-33-23-15)22-5-1-2-14(28)18(29)26-6-8-31-9-7-26;18-11-9-10(1-2-12(11)19)22-15(23-29)13-14(25-31-24-13)20-3-4-21-16(27)17(28)26-5-7-30-8-6-26;1-27-15(25)11(24)3-2-6-19-13-12(20-29-21-13)14-22-28-16(26)23(14)8-4-5-10(18)9(17)7-8;1-3-6-4-2-5-1;;/h3-4,10H,1-2,5-9H2,(H,22,24);1-2,9,29H,3-8H2,(H,20,25)(H,21,27)(H,22,23);4-5,7H,2-3,6H2,1H3,(H,19,21);5H,1-4H2;;1H2/q;;;;+1;/p-1. The smallest absolute Gasteiger partial charge is 0.870 e. The Balaban J connectivity index is 0.000000226. The summed E-state index contributed by atoms with van der Waals surface area (Å²) >= 11 is 9.18. The number of nitrogens with zero attached hydrogens (tertiary/aromatic N) is 13. The first-order valence-electron chi connectivity index (χ1n) is 29.5. The van der Waals surface area contributed by atoms with Gasteiger partial charge in [-0.3, -0.25) is 43.7 Å². The number of ketones is 2. The molecule has 0 atom stereocenters. The van der Waals surface area contributed by atoms with Gasteiger partial charge in [0.15, 0.2) is 22.9 Å². The minimum Gasteiger partial charge on any atom is -0.870 e. The number of nitrogens with one attached hydrogen (secondary N) is 6. The van der Waals surface area contributed by atoms with Crippen LogP contribution in [0.5, 0.6) is 0 Å². The van der Waals surface area contributed by atoms with E-state index < -0.39 is 64.2 Å². The number of rotatable bonds is 22. The van der Waals surface area contributed by atoms with Crippen molar-refractivity contribution >= 4 is 112 Å². The molecule has 45 heteroatoms. The molecule has 3 aliphatic rings. The van der Waals surface area contributed by atoms with Gasteiger partial charge in [-0.05, 0) is 146 Å². The summed E-state index contributed by atoms with van der Waals surface area (Å²) in [5, 5.41) is 53.5. The van der Waals surface area contributed by atoms with E-state index >= 15 is 0 Å². The molecular formula is C56H60Br3F3N19NaO19.